The van der Waals surface area contributed by atoms with E-state index >= 15 is 0 Å². The van der Waals surface area contributed by atoms with E-state index in [0.29, 0.717) is 23.7 Å². The third kappa shape index (κ3) is 5.57. The van der Waals surface area contributed by atoms with E-state index in [-0.39, 0.29) is 71.6 Å². The predicted octanol–water partition coefficient (Wildman–Crippen LogP) is -0.0454. The van der Waals surface area contributed by atoms with Gasteiger partial charge in [-0.25, -0.2) is 0 Å². The zero-order chi connectivity index (χ0) is 23.2. The van der Waals surface area contributed by atoms with Gasteiger partial charge in [-0.2, -0.15) is 0 Å². The summed E-state index contributed by atoms with van der Waals surface area (Å²) in [6.07, 6.45) is 8.98. The van der Waals surface area contributed by atoms with Gasteiger partial charge in [0.05, 0.1) is 12.2 Å². The molecule has 192 valence electrons. The molecule has 1 aliphatic heterocycles. The van der Waals surface area contributed by atoms with Crippen LogP contribution in [0.15, 0.2) is 11.6 Å². The Kier molecular flexibility index (Phi) is 12.4. The Balaban J connectivity index is 0.000000553. The van der Waals surface area contributed by atoms with Crippen molar-refractivity contribution in [3.8, 4) is 0 Å². The van der Waals surface area contributed by atoms with Crippen LogP contribution in [0.5, 0.6) is 0 Å². The fourth-order valence-electron chi connectivity index (χ4n) is 7.17. The number of epoxide rings is 1. The van der Waals surface area contributed by atoms with Crippen molar-refractivity contribution in [3.05, 3.63) is 19.1 Å². The maximum Gasteiger partial charge on any atom is 1.00 e. The number of carbonyl (C=O) groups is 2. The van der Waals surface area contributed by atoms with Crippen molar-refractivity contribution < 1.29 is 64.7 Å². The molecule has 0 bridgehead atoms. The molecular weight excluding hydrogens is 447 g/mol. The molecule has 10 atom stereocenters. The van der Waals surface area contributed by atoms with Gasteiger partial charge in [-0.05, 0) is 73.2 Å². The number of carbonyl (C=O) groups excluding carboxylic acids is 2. The summed E-state index contributed by atoms with van der Waals surface area (Å²) in [5.74, 6) is 1.86. The topological polar surface area (TPSA) is 137 Å². The van der Waals surface area contributed by atoms with Gasteiger partial charge in [0.2, 0.25) is 0 Å². The molecule has 1 heterocycles. The molecule has 1 saturated heterocycles. The molecule has 3 saturated carbocycles. The second kappa shape index (κ2) is 12.4. The molecule has 7 nitrogen and oxygen atoms in total. The van der Waals surface area contributed by atoms with E-state index in [0.717, 1.165) is 63.8 Å². The number of aliphatic hydroxyl groups is 3. The van der Waals surface area contributed by atoms with Gasteiger partial charge in [-0.15, -0.1) is 0 Å². The van der Waals surface area contributed by atoms with E-state index < -0.39 is 5.60 Å². The van der Waals surface area contributed by atoms with E-state index in [4.69, 9.17) is 9.84 Å². The molecule has 5 aliphatic rings. The van der Waals surface area contributed by atoms with Gasteiger partial charge >= 0.3 is 29.6 Å². The van der Waals surface area contributed by atoms with Crippen LogP contribution >= 0.6 is 0 Å². The summed E-state index contributed by atoms with van der Waals surface area (Å²) in [5.41, 5.74) is 0.714. The standard InChI is InChI=1S/C12H18O3.C12H18O2.CH4O.CH3.Na.H2O/c1-7-3-9(14)4-8-5-12(6-13)10(15-12)11(7,8)2;1-8-3-11(14)5-10-4-9(7-13)6-12(8,10)2;1-2;;;/h6-10,14H,3-5H2,1-2H3;6-8,10-11,14H,3-5H2,1-2H3;2H,1H3;1H3;;1H2/q;;;-1;+1;/p-1/t7-,8+,9+,10-,11+,12-;8-,10-,11+,12+;;;;/m11..../s1. The Morgan fingerprint density at radius 1 is 0.971 bits per heavy atom. The van der Waals surface area contributed by atoms with E-state index in [1.165, 1.54) is 0 Å². The Bertz CT molecular complexity index is 730. The largest absolute Gasteiger partial charge is 1.00 e. The van der Waals surface area contributed by atoms with Crippen molar-refractivity contribution in [2.45, 2.75) is 90.1 Å². The third-order valence-electron chi connectivity index (χ3n) is 9.43. The number of allylic oxidation sites excluding steroid dienone is 2. The van der Waals surface area contributed by atoms with Crippen molar-refractivity contribution in [1.29, 1.82) is 0 Å². The summed E-state index contributed by atoms with van der Waals surface area (Å²) in [4.78, 5) is 21.8. The van der Waals surface area contributed by atoms with Crippen molar-refractivity contribution >= 4 is 12.6 Å². The van der Waals surface area contributed by atoms with Crippen LogP contribution in [0.25, 0.3) is 0 Å². The quantitative estimate of drug-likeness (QED) is 0.213. The predicted molar refractivity (Wildman–Crippen MR) is 126 cm³/mol. The van der Waals surface area contributed by atoms with E-state index in [1.54, 1.807) is 0 Å². The fourth-order valence-corrected chi connectivity index (χ4v) is 7.17. The molecule has 34 heavy (non-hydrogen) atoms. The Morgan fingerprint density at radius 3 is 2.03 bits per heavy atom. The molecule has 4 N–H and O–H groups in total. The van der Waals surface area contributed by atoms with Crippen molar-refractivity contribution in [2.75, 3.05) is 7.11 Å². The van der Waals surface area contributed by atoms with Gasteiger partial charge in [0, 0.05) is 12.5 Å². The molecule has 0 amide bonds. The first-order valence-corrected chi connectivity index (χ1v) is 11.7. The van der Waals surface area contributed by atoms with Crippen LogP contribution in [0.3, 0.4) is 0 Å². The number of rotatable bonds is 2. The minimum atomic E-state index is -0.474. The summed E-state index contributed by atoms with van der Waals surface area (Å²) in [7, 11) is 1.00. The van der Waals surface area contributed by atoms with Gasteiger partial charge in [-0.1, -0.05) is 33.8 Å². The second-order valence-electron chi connectivity index (χ2n) is 11.0. The Labute approximate surface area is 227 Å². The molecule has 0 aromatic rings. The summed E-state index contributed by atoms with van der Waals surface area (Å²) in [5, 5.41) is 26.5. The number of hydrogen-bond acceptors (Lipinski definition) is 7. The van der Waals surface area contributed by atoms with Gasteiger partial charge in [0.1, 0.15) is 12.4 Å². The molecule has 0 unspecified atom stereocenters. The van der Waals surface area contributed by atoms with E-state index in [1.807, 2.05) is 0 Å². The molecule has 5 rings (SSSR count). The first-order chi connectivity index (χ1) is 14.6. The maximum absolute atomic E-state index is 11.1. The van der Waals surface area contributed by atoms with Crippen LogP contribution in [-0.4, -0.2) is 64.4 Å². The number of ether oxygens (including phenoxy) is 1. The smallest absolute Gasteiger partial charge is 0.870 e. The molecule has 0 spiro atoms. The minimum absolute atomic E-state index is 0. The Hall–Kier alpha value is -0.120. The maximum atomic E-state index is 11.1. The van der Waals surface area contributed by atoms with Crippen molar-refractivity contribution in [2.24, 2.45) is 34.5 Å². The van der Waals surface area contributed by atoms with Crippen LogP contribution in [0.1, 0.15) is 66.2 Å². The Morgan fingerprint density at radius 2 is 1.50 bits per heavy atom. The molecular formula is C26H44NaO7-. The van der Waals surface area contributed by atoms with Gasteiger partial charge in [0.25, 0.3) is 0 Å². The zero-order valence-electron chi connectivity index (χ0n) is 22.0. The van der Waals surface area contributed by atoms with E-state index in [9.17, 15) is 19.8 Å². The minimum Gasteiger partial charge on any atom is -0.870 e. The average molecular weight is 492 g/mol. The number of fused-ring (bicyclic) bond motifs is 4. The van der Waals surface area contributed by atoms with Crippen LogP contribution < -0.4 is 29.6 Å². The first-order valence-electron chi connectivity index (χ1n) is 11.7. The van der Waals surface area contributed by atoms with Crippen LogP contribution in [0.4, 0.5) is 0 Å². The number of hydrogen-bond donors (Lipinski definition) is 3. The van der Waals surface area contributed by atoms with Crippen molar-refractivity contribution in [3.63, 3.8) is 0 Å². The van der Waals surface area contributed by atoms with Crippen molar-refractivity contribution in [1.82, 2.24) is 0 Å². The number of aldehydes is 2. The molecule has 0 radical (unpaired) electrons. The average Bonchev–Trinajstić information content (AvgIpc) is 3.27. The molecule has 4 fully saturated rings. The second-order valence-corrected chi connectivity index (χ2v) is 11.0. The van der Waals surface area contributed by atoms with Gasteiger partial charge in [0.15, 0.2) is 11.9 Å². The van der Waals surface area contributed by atoms with Gasteiger partial charge in [-0.3, -0.25) is 4.79 Å². The molecule has 0 aromatic heterocycles. The normalized spacial score (nSPS) is 46.9. The molecule has 0 aromatic carbocycles. The zero-order valence-corrected chi connectivity index (χ0v) is 24.0. The summed E-state index contributed by atoms with van der Waals surface area (Å²) < 4.78 is 5.62. The monoisotopic (exact) mass is 491 g/mol. The SMILES string of the molecule is CO.C[C@@H]1C[C@H](O)C[C@H]2CC(C=O)=C[C@]21C.C[C@@H]1C[C@H](O)C[C@H]2C[C@]3(C=O)O[C@@H]3[C@]21C.[CH3-].[Na+].[OH-]. The third-order valence-corrected chi connectivity index (χ3v) is 9.43. The van der Waals surface area contributed by atoms with Crippen LogP contribution in [0.2, 0.25) is 0 Å². The fraction of sp³-hybridized carbons (Fsp3) is 0.808. The molecule has 4 aliphatic carbocycles. The first kappa shape index (κ1) is 33.9. The summed E-state index contributed by atoms with van der Waals surface area (Å²) in [6.45, 7) is 8.82. The molecule has 8 heteroatoms. The van der Waals surface area contributed by atoms with E-state index in [2.05, 4.69) is 33.8 Å². The summed E-state index contributed by atoms with van der Waals surface area (Å²) >= 11 is 0. The summed E-state index contributed by atoms with van der Waals surface area (Å²) in [6, 6.07) is 0. The van der Waals surface area contributed by atoms with Gasteiger partial charge < -0.3 is 37.8 Å². The van der Waals surface area contributed by atoms with Crippen LogP contribution in [-0.2, 0) is 14.3 Å². The number of aliphatic hydroxyl groups excluding tert-OH is 3. The van der Waals surface area contributed by atoms with Crippen LogP contribution in [0, 0.1) is 41.9 Å².